The van der Waals surface area contributed by atoms with Gasteiger partial charge in [0.25, 0.3) is 17.7 Å². The summed E-state index contributed by atoms with van der Waals surface area (Å²) in [6.07, 6.45) is -4.45. The van der Waals surface area contributed by atoms with Crippen molar-refractivity contribution >= 4 is 29.1 Å². The van der Waals surface area contributed by atoms with Crippen molar-refractivity contribution in [2.75, 3.05) is 10.2 Å². The van der Waals surface area contributed by atoms with Crippen LogP contribution >= 0.6 is 0 Å². The summed E-state index contributed by atoms with van der Waals surface area (Å²) in [5, 5.41) is 2.75. The number of hydrogen-bond donors (Lipinski definition) is 1. The second kappa shape index (κ2) is 8.81. The summed E-state index contributed by atoms with van der Waals surface area (Å²) in [6, 6.07) is 24.0. The average Bonchev–Trinajstić information content (AvgIpc) is 3.14. The van der Waals surface area contributed by atoms with Gasteiger partial charge in [0.1, 0.15) is 0 Å². The van der Waals surface area contributed by atoms with Crippen LogP contribution in [-0.2, 0) is 6.18 Å². The number of alkyl halides is 3. The van der Waals surface area contributed by atoms with E-state index in [1.807, 2.05) is 0 Å². The molecule has 5 rings (SSSR count). The molecular weight excluding hydrogens is 469 g/mol. The molecule has 178 valence electrons. The van der Waals surface area contributed by atoms with Crippen molar-refractivity contribution in [1.82, 2.24) is 0 Å². The highest BCUT2D eigenvalue weighted by Gasteiger charge is 2.36. The van der Waals surface area contributed by atoms with E-state index in [2.05, 4.69) is 5.32 Å². The Morgan fingerprint density at radius 3 is 1.75 bits per heavy atom. The predicted molar refractivity (Wildman–Crippen MR) is 129 cm³/mol. The van der Waals surface area contributed by atoms with Gasteiger partial charge in [0, 0.05) is 11.3 Å². The molecule has 0 spiro atoms. The SMILES string of the molecule is O=C(Nc1ccc(N2C(=O)c3ccccc3C2=O)cc1)c1ccccc1-c1ccc(C(F)(F)F)cc1. The highest BCUT2D eigenvalue weighted by atomic mass is 19.4. The lowest BCUT2D eigenvalue weighted by Crippen LogP contribution is -2.29. The molecule has 0 radical (unpaired) electrons. The minimum absolute atomic E-state index is 0.279. The zero-order valence-corrected chi connectivity index (χ0v) is 18.5. The Labute approximate surface area is 203 Å². The van der Waals surface area contributed by atoms with Crippen molar-refractivity contribution in [3.8, 4) is 11.1 Å². The Balaban J connectivity index is 1.36. The second-order valence-corrected chi connectivity index (χ2v) is 8.11. The topological polar surface area (TPSA) is 66.5 Å². The third kappa shape index (κ3) is 4.13. The monoisotopic (exact) mass is 486 g/mol. The van der Waals surface area contributed by atoms with Crippen LogP contribution in [0.5, 0.6) is 0 Å². The molecule has 3 amide bonds. The number of nitrogens with one attached hydrogen (secondary N) is 1. The molecule has 0 aliphatic carbocycles. The van der Waals surface area contributed by atoms with Gasteiger partial charge in [-0.3, -0.25) is 14.4 Å². The number of imide groups is 1. The average molecular weight is 486 g/mol. The van der Waals surface area contributed by atoms with Gasteiger partial charge < -0.3 is 5.32 Å². The first-order valence-electron chi connectivity index (χ1n) is 10.9. The van der Waals surface area contributed by atoms with Crippen LogP contribution in [0.1, 0.15) is 36.6 Å². The van der Waals surface area contributed by atoms with Crippen LogP contribution in [0.15, 0.2) is 97.1 Å². The first kappa shape index (κ1) is 23.0. The maximum atomic E-state index is 13.0. The van der Waals surface area contributed by atoms with Crippen LogP contribution in [0.3, 0.4) is 0 Å². The quantitative estimate of drug-likeness (QED) is 0.338. The van der Waals surface area contributed by atoms with Crippen LogP contribution in [-0.4, -0.2) is 17.7 Å². The van der Waals surface area contributed by atoms with E-state index >= 15 is 0 Å². The smallest absolute Gasteiger partial charge is 0.322 e. The molecule has 36 heavy (non-hydrogen) atoms. The number of carbonyl (C=O) groups excluding carboxylic acids is 3. The summed E-state index contributed by atoms with van der Waals surface area (Å²) in [7, 11) is 0. The number of benzene rings is 4. The maximum Gasteiger partial charge on any atom is 0.416 e. The van der Waals surface area contributed by atoms with E-state index < -0.39 is 29.5 Å². The van der Waals surface area contributed by atoms with E-state index in [4.69, 9.17) is 0 Å². The number of rotatable bonds is 4. The molecule has 1 aliphatic rings. The fraction of sp³-hybridized carbons (Fsp3) is 0.0357. The van der Waals surface area contributed by atoms with Gasteiger partial charge in [0.15, 0.2) is 0 Å². The van der Waals surface area contributed by atoms with Gasteiger partial charge in [0.05, 0.1) is 22.4 Å². The number of carbonyl (C=O) groups is 3. The van der Waals surface area contributed by atoms with Gasteiger partial charge in [-0.2, -0.15) is 13.2 Å². The summed E-state index contributed by atoms with van der Waals surface area (Å²) < 4.78 is 38.7. The molecule has 1 heterocycles. The number of fused-ring (bicyclic) bond motifs is 1. The van der Waals surface area contributed by atoms with Gasteiger partial charge in [-0.15, -0.1) is 0 Å². The molecule has 5 nitrogen and oxygen atoms in total. The van der Waals surface area contributed by atoms with E-state index in [1.54, 1.807) is 72.8 Å². The zero-order chi connectivity index (χ0) is 25.4. The molecule has 0 bridgehead atoms. The van der Waals surface area contributed by atoms with Gasteiger partial charge in [-0.25, -0.2) is 4.90 Å². The van der Waals surface area contributed by atoms with Crippen molar-refractivity contribution in [2.24, 2.45) is 0 Å². The summed E-state index contributed by atoms with van der Waals surface area (Å²) in [6.45, 7) is 0. The molecule has 0 saturated carbocycles. The van der Waals surface area contributed by atoms with Crippen LogP contribution in [0, 0.1) is 0 Å². The lowest BCUT2D eigenvalue weighted by molar-refractivity contribution is -0.137. The normalized spacial score (nSPS) is 13.0. The van der Waals surface area contributed by atoms with Gasteiger partial charge in [-0.05, 0) is 65.7 Å². The maximum absolute atomic E-state index is 13.0. The van der Waals surface area contributed by atoms with Crippen molar-refractivity contribution < 1.29 is 27.6 Å². The Morgan fingerprint density at radius 2 is 1.19 bits per heavy atom. The third-order valence-electron chi connectivity index (χ3n) is 5.87. The van der Waals surface area contributed by atoms with Crippen LogP contribution < -0.4 is 10.2 Å². The molecule has 0 fully saturated rings. The van der Waals surface area contributed by atoms with Crippen LogP contribution in [0.2, 0.25) is 0 Å². The highest BCUT2D eigenvalue weighted by Crippen LogP contribution is 2.33. The van der Waals surface area contributed by atoms with Gasteiger partial charge in [0.2, 0.25) is 0 Å². The molecule has 0 aromatic heterocycles. The molecule has 0 saturated heterocycles. The molecule has 1 N–H and O–H groups in total. The molecule has 0 atom stereocenters. The van der Waals surface area contributed by atoms with Crippen LogP contribution in [0.25, 0.3) is 11.1 Å². The number of nitrogens with zero attached hydrogens (tertiary/aromatic N) is 1. The van der Waals surface area contributed by atoms with E-state index in [-0.39, 0.29) is 5.56 Å². The summed E-state index contributed by atoms with van der Waals surface area (Å²) >= 11 is 0. The van der Waals surface area contributed by atoms with Crippen molar-refractivity contribution in [2.45, 2.75) is 6.18 Å². The fourth-order valence-electron chi connectivity index (χ4n) is 4.09. The number of hydrogen-bond acceptors (Lipinski definition) is 3. The second-order valence-electron chi connectivity index (χ2n) is 8.11. The molecule has 8 heteroatoms. The summed E-state index contributed by atoms with van der Waals surface area (Å²) in [5.74, 6) is -1.30. The minimum atomic E-state index is -4.45. The van der Waals surface area contributed by atoms with Crippen molar-refractivity contribution in [3.05, 3.63) is 119 Å². The van der Waals surface area contributed by atoms with E-state index in [9.17, 15) is 27.6 Å². The van der Waals surface area contributed by atoms with Crippen molar-refractivity contribution in [3.63, 3.8) is 0 Å². The minimum Gasteiger partial charge on any atom is -0.322 e. The summed E-state index contributed by atoms with van der Waals surface area (Å²) in [5.41, 5.74) is 1.90. The Bertz CT molecular complexity index is 1460. The first-order valence-corrected chi connectivity index (χ1v) is 10.9. The van der Waals surface area contributed by atoms with Gasteiger partial charge >= 0.3 is 6.18 Å². The molecule has 4 aromatic carbocycles. The predicted octanol–water partition coefficient (Wildman–Crippen LogP) is 6.43. The van der Waals surface area contributed by atoms with E-state index in [0.29, 0.717) is 33.6 Å². The lowest BCUT2D eigenvalue weighted by Gasteiger charge is -2.15. The zero-order valence-electron chi connectivity index (χ0n) is 18.5. The van der Waals surface area contributed by atoms with Crippen LogP contribution in [0.4, 0.5) is 24.5 Å². The molecule has 1 aliphatic heterocycles. The summed E-state index contributed by atoms with van der Waals surface area (Å²) in [4.78, 5) is 39.5. The number of anilines is 2. The number of halogens is 3. The molecule has 0 unspecified atom stereocenters. The van der Waals surface area contributed by atoms with Crippen molar-refractivity contribution in [1.29, 1.82) is 0 Å². The fourth-order valence-corrected chi connectivity index (χ4v) is 4.09. The number of amides is 3. The lowest BCUT2D eigenvalue weighted by atomic mass is 9.98. The first-order chi connectivity index (χ1) is 17.2. The standard InChI is InChI=1S/C28H17F3N2O3/c29-28(30,31)18-11-9-17(10-12-18)21-5-1-2-6-22(21)25(34)32-19-13-15-20(16-14-19)33-26(35)23-7-3-4-8-24(23)27(33)36/h1-16H,(H,32,34). The largest absolute Gasteiger partial charge is 0.416 e. The van der Waals surface area contributed by atoms with E-state index in [1.165, 1.54) is 12.1 Å². The Kier molecular flexibility index (Phi) is 5.64. The third-order valence-corrected chi connectivity index (χ3v) is 5.87. The molecule has 4 aromatic rings. The Morgan fingerprint density at radius 1 is 0.667 bits per heavy atom. The molecular formula is C28H17F3N2O3. The van der Waals surface area contributed by atoms with Gasteiger partial charge in [-0.1, -0.05) is 42.5 Å². The highest BCUT2D eigenvalue weighted by molar-refractivity contribution is 6.34. The Hall–Kier alpha value is -4.72. The van der Waals surface area contributed by atoms with E-state index in [0.717, 1.165) is 17.0 Å².